The van der Waals surface area contributed by atoms with Crippen LogP contribution in [-0.4, -0.2) is 23.3 Å². The van der Waals surface area contributed by atoms with Crippen LogP contribution >= 0.6 is 11.6 Å². The molecule has 1 aromatic carbocycles. The van der Waals surface area contributed by atoms with Gasteiger partial charge in [0.1, 0.15) is 17.7 Å². The molecule has 1 unspecified atom stereocenters. The standard InChI is InChI=1S/C13H13ClFN3O/c14-9-4-3-8(5-10(9)15)11-12(16)17-13(19)18(11)6-7-1-2-7/h3-5,7,11H,1-2,6H2,(H2,16,17,19). The Morgan fingerprint density at radius 1 is 1.47 bits per heavy atom. The van der Waals surface area contributed by atoms with E-state index in [-0.39, 0.29) is 16.9 Å². The average molecular weight is 282 g/mol. The van der Waals surface area contributed by atoms with Gasteiger partial charge in [-0.1, -0.05) is 17.7 Å². The van der Waals surface area contributed by atoms with Crippen LogP contribution in [0.3, 0.4) is 0 Å². The Hall–Kier alpha value is -1.62. The summed E-state index contributed by atoms with van der Waals surface area (Å²) in [5.41, 5.74) is 6.41. The van der Waals surface area contributed by atoms with Crippen LogP contribution in [0.1, 0.15) is 24.4 Å². The van der Waals surface area contributed by atoms with Gasteiger partial charge >= 0.3 is 6.03 Å². The van der Waals surface area contributed by atoms with Crippen molar-refractivity contribution >= 4 is 23.5 Å². The number of benzene rings is 1. The number of rotatable bonds is 3. The summed E-state index contributed by atoms with van der Waals surface area (Å²) in [6.07, 6.45) is 2.23. The number of hydrogen-bond acceptors (Lipinski definition) is 2. The molecule has 4 nitrogen and oxygen atoms in total. The normalized spacial score (nSPS) is 22.8. The van der Waals surface area contributed by atoms with E-state index in [2.05, 4.69) is 4.99 Å². The van der Waals surface area contributed by atoms with E-state index < -0.39 is 11.9 Å². The Morgan fingerprint density at radius 2 is 2.21 bits per heavy atom. The molecule has 1 aliphatic carbocycles. The molecule has 100 valence electrons. The van der Waals surface area contributed by atoms with Crippen LogP contribution in [0.2, 0.25) is 5.02 Å². The molecule has 6 heteroatoms. The van der Waals surface area contributed by atoms with E-state index >= 15 is 0 Å². The number of halogens is 2. The van der Waals surface area contributed by atoms with Gasteiger partial charge in [-0.15, -0.1) is 0 Å². The summed E-state index contributed by atoms with van der Waals surface area (Å²) in [6, 6.07) is 3.65. The summed E-state index contributed by atoms with van der Waals surface area (Å²) in [6.45, 7) is 0.623. The lowest BCUT2D eigenvalue weighted by molar-refractivity contribution is 0.203. The van der Waals surface area contributed by atoms with Crippen molar-refractivity contribution in [3.8, 4) is 0 Å². The molecule has 3 rings (SSSR count). The van der Waals surface area contributed by atoms with Gasteiger partial charge in [0.15, 0.2) is 0 Å². The highest BCUT2D eigenvalue weighted by atomic mass is 35.5. The molecule has 19 heavy (non-hydrogen) atoms. The lowest BCUT2D eigenvalue weighted by atomic mass is 10.0. The van der Waals surface area contributed by atoms with Gasteiger partial charge in [-0.3, -0.25) is 0 Å². The second-order valence-electron chi connectivity index (χ2n) is 4.99. The van der Waals surface area contributed by atoms with E-state index in [1.165, 1.54) is 12.1 Å². The molecular weight excluding hydrogens is 269 g/mol. The van der Waals surface area contributed by atoms with Crippen molar-refractivity contribution in [2.75, 3.05) is 6.54 Å². The highest BCUT2D eigenvalue weighted by Gasteiger charge is 2.38. The van der Waals surface area contributed by atoms with Crippen molar-refractivity contribution in [2.24, 2.45) is 16.6 Å². The van der Waals surface area contributed by atoms with Gasteiger partial charge in [-0.2, -0.15) is 4.99 Å². The topological polar surface area (TPSA) is 58.7 Å². The van der Waals surface area contributed by atoms with Crippen LogP contribution in [0.5, 0.6) is 0 Å². The Morgan fingerprint density at radius 3 is 2.84 bits per heavy atom. The predicted molar refractivity (Wildman–Crippen MR) is 70.6 cm³/mol. The smallest absolute Gasteiger partial charge is 0.346 e. The minimum atomic E-state index is -0.516. The molecule has 0 radical (unpaired) electrons. The Kier molecular flexibility index (Phi) is 2.93. The van der Waals surface area contributed by atoms with Gasteiger partial charge in [0.25, 0.3) is 0 Å². The summed E-state index contributed by atoms with van der Waals surface area (Å²) < 4.78 is 13.5. The summed E-state index contributed by atoms with van der Waals surface area (Å²) >= 11 is 5.67. The first kappa shape index (κ1) is 12.4. The number of urea groups is 1. The Balaban J connectivity index is 1.92. The first-order valence-corrected chi connectivity index (χ1v) is 6.53. The van der Waals surface area contributed by atoms with E-state index in [0.717, 1.165) is 12.8 Å². The van der Waals surface area contributed by atoms with Gasteiger partial charge in [-0.05, 0) is 36.5 Å². The highest BCUT2D eigenvalue weighted by Crippen LogP contribution is 2.35. The Bertz CT molecular complexity index is 571. The molecule has 2 amide bonds. The maximum atomic E-state index is 13.5. The maximum Gasteiger partial charge on any atom is 0.346 e. The fraction of sp³-hybridized carbons (Fsp3) is 0.385. The Labute approximate surface area is 115 Å². The van der Waals surface area contributed by atoms with E-state index in [4.69, 9.17) is 17.3 Å². The molecule has 1 fully saturated rings. The first-order valence-electron chi connectivity index (χ1n) is 6.16. The molecule has 1 heterocycles. The molecule has 2 N–H and O–H groups in total. The van der Waals surface area contributed by atoms with Crippen molar-refractivity contribution in [3.05, 3.63) is 34.6 Å². The molecule has 2 aliphatic rings. The van der Waals surface area contributed by atoms with Crippen LogP contribution in [0.15, 0.2) is 23.2 Å². The number of aliphatic imine (C=N–C) groups is 1. The fourth-order valence-electron chi connectivity index (χ4n) is 2.30. The molecule has 1 aromatic rings. The summed E-state index contributed by atoms with van der Waals surface area (Å²) in [7, 11) is 0. The molecule has 0 spiro atoms. The second kappa shape index (κ2) is 4.49. The number of carbonyl (C=O) groups excluding carboxylic acids is 1. The lowest BCUT2D eigenvalue weighted by Crippen LogP contribution is -2.34. The number of amidine groups is 1. The fourth-order valence-corrected chi connectivity index (χ4v) is 2.42. The zero-order valence-electron chi connectivity index (χ0n) is 10.1. The summed E-state index contributed by atoms with van der Waals surface area (Å²) in [5.74, 6) is 0.217. The number of nitrogens with two attached hydrogens (primary N) is 1. The van der Waals surface area contributed by atoms with Crippen LogP contribution in [0, 0.1) is 11.7 Å². The molecule has 0 aromatic heterocycles. The summed E-state index contributed by atoms with van der Waals surface area (Å²) in [5, 5.41) is 0.0531. The van der Waals surface area contributed by atoms with Gasteiger partial charge in [-0.25, -0.2) is 9.18 Å². The largest absolute Gasteiger partial charge is 0.385 e. The van der Waals surface area contributed by atoms with Gasteiger partial charge < -0.3 is 10.6 Å². The van der Waals surface area contributed by atoms with E-state index in [0.29, 0.717) is 18.0 Å². The third-order valence-electron chi connectivity index (χ3n) is 3.47. The van der Waals surface area contributed by atoms with Crippen molar-refractivity contribution in [2.45, 2.75) is 18.9 Å². The monoisotopic (exact) mass is 281 g/mol. The van der Waals surface area contributed by atoms with Crippen LogP contribution in [-0.2, 0) is 0 Å². The van der Waals surface area contributed by atoms with Crippen LogP contribution in [0.25, 0.3) is 0 Å². The van der Waals surface area contributed by atoms with Gasteiger partial charge in [0, 0.05) is 6.54 Å². The SMILES string of the molecule is NC1=NC(=O)N(CC2CC2)C1c1ccc(Cl)c(F)c1. The van der Waals surface area contributed by atoms with Crippen LogP contribution < -0.4 is 5.73 Å². The van der Waals surface area contributed by atoms with Gasteiger partial charge in [0.05, 0.1) is 5.02 Å². The van der Waals surface area contributed by atoms with E-state index in [9.17, 15) is 9.18 Å². The highest BCUT2D eigenvalue weighted by molar-refractivity contribution is 6.30. The molecule has 0 bridgehead atoms. The van der Waals surface area contributed by atoms with Gasteiger partial charge in [0.2, 0.25) is 0 Å². The number of nitrogens with zero attached hydrogens (tertiary/aromatic N) is 2. The van der Waals surface area contributed by atoms with Crippen LogP contribution in [0.4, 0.5) is 9.18 Å². The zero-order chi connectivity index (χ0) is 13.6. The molecule has 1 atom stereocenters. The van der Waals surface area contributed by atoms with Crippen molar-refractivity contribution in [1.82, 2.24) is 4.90 Å². The quantitative estimate of drug-likeness (QED) is 0.926. The van der Waals surface area contributed by atoms with Crippen molar-refractivity contribution in [3.63, 3.8) is 0 Å². The maximum absolute atomic E-state index is 13.5. The second-order valence-corrected chi connectivity index (χ2v) is 5.40. The summed E-state index contributed by atoms with van der Waals surface area (Å²) in [4.78, 5) is 17.2. The van der Waals surface area contributed by atoms with Crippen molar-refractivity contribution in [1.29, 1.82) is 0 Å². The lowest BCUT2D eigenvalue weighted by Gasteiger charge is -2.24. The molecular formula is C13H13ClFN3O. The molecule has 0 saturated heterocycles. The minimum absolute atomic E-state index is 0.0531. The zero-order valence-corrected chi connectivity index (χ0v) is 10.9. The minimum Gasteiger partial charge on any atom is -0.385 e. The number of amides is 2. The molecule has 1 saturated carbocycles. The average Bonchev–Trinajstić information content (AvgIpc) is 3.11. The van der Waals surface area contributed by atoms with Crippen molar-refractivity contribution < 1.29 is 9.18 Å². The third-order valence-corrected chi connectivity index (χ3v) is 3.78. The van der Waals surface area contributed by atoms with E-state index in [1.807, 2.05) is 0 Å². The number of carbonyl (C=O) groups is 1. The molecule has 1 aliphatic heterocycles. The first-order chi connectivity index (χ1) is 9.06. The number of hydrogen-bond donors (Lipinski definition) is 1. The van der Waals surface area contributed by atoms with E-state index in [1.54, 1.807) is 11.0 Å². The third kappa shape index (κ3) is 2.30. The predicted octanol–water partition coefficient (Wildman–Crippen LogP) is 2.72.